The van der Waals surface area contributed by atoms with E-state index in [1.165, 1.54) is 0 Å². The molecule has 1 aliphatic carbocycles. The lowest BCUT2D eigenvalue weighted by Gasteiger charge is -2.21. The maximum absolute atomic E-state index is 12.2. The minimum absolute atomic E-state index is 0.334. The zero-order chi connectivity index (χ0) is 13.3. The van der Waals surface area contributed by atoms with Gasteiger partial charge in [0.05, 0.1) is 12.0 Å². The molecule has 2 amide bonds. The third-order valence-electron chi connectivity index (χ3n) is 3.78. The smallest absolute Gasteiger partial charge is 0.238 e. The van der Waals surface area contributed by atoms with E-state index in [0.29, 0.717) is 0 Å². The number of carbonyl (C=O) groups is 3. The predicted octanol–water partition coefficient (Wildman–Crippen LogP) is 0.292. The van der Waals surface area contributed by atoms with Crippen LogP contribution in [-0.4, -0.2) is 23.6 Å². The topological polar surface area (TPSA) is 89.3 Å². The van der Waals surface area contributed by atoms with Crippen LogP contribution in [0.15, 0.2) is 11.6 Å². The number of ketones is 1. The molecule has 2 rings (SSSR count). The monoisotopic (exact) mass is 250 g/mol. The predicted molar refractivity (Wildman–Crippen MR) is 65.3 cm³/mol. The summed E-state index contributed by atoms with van der Waals surface area (Å²) in [6.45, 7) is 1.59. The number of carbonyl (C=O) groups excluding carboxylic acids is 3. The molecular weight excluding hydrogens is 232 g/mol. The molecule has 1 aliphatic heterocycles. The lowest BCUT2D eigenvalue weighted by atomic mass is 9.84. The molecule has 0 saturated carbocycles. The molecule has 1 fully saturated rings. The summed E-state index contributed by atoms with van der Waals surface area (Å²) in [6, 6.07) is -0.741. The minimum atomic E-state index is -0.921. The van der Waals surface area contributed by atoms with Crippen LogP contribution in [0.1, 0.15) is 32.6 Å². The summed E-state index contributed by atoms with van der Waals surface area (Å²) in [7, 11) is 0. The Kier molecular flexibility index (Phi) is 3.61. The Hall–Kier alpha value is -1.49. The molecule has 0 aromatic rings. The molecule has 3 N–H and O–H groups in total. The van der Waals surface area contributed by atoms with E-state index in [-0.39, 0.29) is 11.7 Å². The standard InChI is InChI=1S/C13H18N2O3/c1-7-9(13(18)15-12(7)17)11(16)10(14)8-5-3-2-4-6-8/h5,7,9-10H,2-4,6,14H2,1H3,(H,15,17,18)/t7-,9+,10?/m0/s1. The van der Waals surface area contributed by atoms with Gasteiger partial charge in [-0.05, 0) is 25.7 Å². The summed E-state index contributed by atoms with van der Waals surface area (Å²) < 4.78 is 0. The van der Waals surface area contributed by atoms with E-state index in [9.17, 15) is 14.4 Å². The molecule has 5 heteroatoms. The van der Waals surface area contributed by atoms with Crippen LogP contribution >= 0.6 is 0 Å². The van der Waals surface area contributed by atoms with Gasteiger partial charge in [-0.3, -0.25) is 19.7 Å². The van der Waals surface area contributed by atoms with Crippen molar-refractivity contribution in [1.82, 2.24) is 5.32 Å². The van der Waals surface area contributed by atoms with Crippen molar-refractivity contribution in [3.8, 4) is 0 Å². The van der Waals surface area contributed by atoms with E-state index >= 15 is 0 Å². The van der Waals surface area contributed by atoms with Crippen LogP contribution in [-0.2, 0) is 14.4 Å². The molecule has 0 bridgehead atoms. The van der Waals surface area contributed by atoms with Gasteiger partial charge >= 0.3 is 0 Å². The number of hydrogen-bond donors (Lipinski definition) is 2. The van der Waals surface area contributed by atoms with Crippen LogP contribution < -0.4 is 11.1 Å². The minimum Gasteiger partial charge on any atom is -0.318 e. The number of imide groups is 1. The highest BCUT2D eigenvalue weighted by Crippen LogP contribution is 2.25. The van der Waals surface area contributed by atoms with Gasteiger partial charge in [-0.1, -0.05) is 18.6 Å². The van der Waals surface area contributed by atoms with Crippen molar-refractivity contribution in [3.05, 3.63) is 11.6 Å². The van der Waals surface area contributed by atoms with E-state index in [1.807, 2.05) is 6.08 Å². The van der Waals surface area contributed by atoms with Crippen LogP contribution in [0.3, 0.4) is 0 Å². The molecule has 0 radical (unpaired) electrons. The first-order chi connectivity index (χ1) is 8.52. The largest absolute Gasteiger partial charge is 0.318 e. The summed E-state index contributed by atoms with van der Waals surface area (Å²) in [5, 5.41) is 2.18. The van der Waals surface area contributed by atoms with Gasteiger partial charge in [0.2, 0.25) is 11.8 Å². The molecular formula is C13H18N2O3. The molecule has 1 saturated heterocycles. The van der Waals surface area contributed by atoms with Crippen molar-refractivity contribution in [2.45, 2.75) is 38.6 Å². The highest BCUT2D eigenvalue weighted by atomic mass is 16.2. The zero-order valence-corrected chi connectivity index (χ0v) is 10.4. The first-order valence-corrected chi connectivity index (χ1v) is 6.35. The summed E-state index contributed by atoms with van der Waals surface area (Å²) in [4.78, 5) is 35.2. The SMILES string of the molecule is C[C@@H]1C(=O)NC(=O)[C@H]1C(=O)C(N)C1=CCCCC1. The Labute approximate surface area is 106 Å². The molecule has 1 heterocycles. The van der Waals surface area contributed by atoms with Crippen LogP contribution in [0.2, 0.25) is 0 Å². The van der Waals surface area contributed by atoms with Gasteiger partial charge in [-0.25, -0.2) is 0 Å². The molecule has 0 spiro atoms. The number of amides is 2. The average molecular weight is 250 g/mol. The Morgan fingerprint density at radius 3 is 2.61 bits per heavy atom. The number of allylic oxidation sites excluding steroid dienone is 1. The Morgan fingerprint density at radius 1 is 1.39 bits per heavy atom. The van der Waals surface area contributed by atoms with E-state index < -0.39 is 23.8 Å². The fourth-order valence-electron chi connectivity index (χ4n) is 2.59. The number of Topliss-reactive ketones (excluding diaryl/α,β-unsaturated/α-hetero) is 1. The average Bonchev–Trinajstić information content (AvgIpc) is 2.63. The molecule has 3 atom stereocenters. The van der Waals surface area contributed by atoms with Crippen molar-refractivity contribution in [2.75, 3.05) is 0 Å². The van der Waals surface area contributed by atoms with E-state index in [1.54, 1.807) is 6.92 Å². The van der Waals surface area contributed by atoms with Gasteiger partial charge in [0.15, 0.2) is 5.78 Å². The van der Waals surface area contributed by atoms with Crippen molar-refractivity contribution >= 4 is 17.6 Å². The Morgan fingerprint density at radius 2 is 2.11 bits per heavy atom. The van der Waals surface area contributed by atoms with E-state index in [2.05, 4.69) is 5.32 Å². The maximum atomic E-state index is 12.2. The maximum Gasteiger partial charge on any atom is 0.238 e. The number of nitrogens with two attached hydrogens (primary N) is 1. The van der Waals surface area contributed by atoms with Gasteiger partial charge in [0, 0.05) is 0 Å². The van der Waals surface area contributed by atoms with Gasteiger partial charge in [-0.2, -0.15) is 0 Å². The lowest BCUT2D eigenvalue weighted by Crippen LogP contribution is -2.41. The summed E-state index contributed by atoms with van der Waals surface area (Å²) in [6.07, 6.45) is 5.87. The van der Waals surface area contributed by atoms with Gasteiger partial charge in [0.25, 0.3) is 0 Å². The van der Waals surface area contributed by atoms with Crippen LogP contribution in [0.25, 0.3) is 0 Å². The number of hydrogen-bond acceptors (Lipinski definition) is 4. The summed E-state index contributed by atoms with van der Waals surface area (Å²) in [5.41, 5.74) is 6.84. The van der Waals surface area contributed by atoms with Crippen LogP contribution in [0.5, 0.6) is 0 Å². The third-order valence-corrected chi connectivity index (χ3v) is 3.78. The van der Waals surface area contributed by atoms with Crippen LogP contribution in [0.4, 0.5) is 0 Å². The molecule has 1 unspecified atom stereocenters. The first kappa shape index (κ1) is 13.0. The highest BCUT2D eigenvalue weighted by molar-refractivity contribution is 6.16. The van der Waals surface area contributed by atoms with Crippen molar-refractivity contribution in [3.63, 3.8) is 0 Å². The highest BCUT2D eigenvalue weighted by Gasteiger charge is 2.45. The molecule has 5 nitrogen and oxygen atoms in total. The second kappa shape index (κ2) is 5.02. The van der Waals surface area contributed by atoms with E-state index in [4.69, 9.17) is 5.73 Å². The van der Waals surface area contributed by atoms with Gasteiger partial charge in [0.1, 0.15) is 5.92 Å². The molecule has 2 aliphatic rings. The van der Waals surface area contributed by atoms with Crippen molar-refractivity contribution in [1.29, 1.82) is 0 Å². The molecule has 98 valence electrons. The normalized spacial score (nSPS) is 29.8. The second-order valence-corrected chi connectivity index (χ2v) is 5.02. The molecule has 18 heavy (non-hydrogen) atoms. The van der Waals surface area contributed by atoms with E-state index in [0.717, 1.165) is 31.3 Å². The number of nitrogens with one attached hydrogen (secondary N) is 1. The summed E-state index contributed by atoms with van der Waals surface area (Å²) >= 11 is 0. The third kappa shape index (κ3) is 2.22. The lowest BCUT2D eigenvalue weighted by molar-refractivity contribution is -0.133. The Bertz CT molecular complexity index is 428. The van der Waals surface area contributed by atoms with Gasteiger partial charge in [-0.15, -0.1) is 0 Å². The second-order valence-electron chi connectivity index (χ2n) is 5.02. The number of rotatable bonds is 3. The fraction of sp³-hybridized carbons (Fsp3) is 0.615. The van der Waals surface area contributed by atoms with Crippen molar-refractivity contribution < 1.29 is 14.4 Å². The summed E-state index contributed by atoms with van der Waals surface area (Å²) in [5.74, 6) is -2.76. The quantitative estimate of drug-likeness (QED) is 0.428. The van der Waals surface area contributed by atoms with Crippen molar-refractivity contribution in [2.24, 2.45) is 17.6 Å². The molecule has 0 aromatic carbocycles. The van der Waals surface area contributed by atoms with Gasteiger partial charge < -0.3 is 5.73 Å². The van der Waals surface area contributed by atoms with Crippen LogP contribution in [0, 0.1) is 11.8 Å². The Balaban J connectivity index is 2.13. The molecule has 0 aromatic heterocycles. The zero-order valence-electron chi connectivity index (χ0n) is 10.4. The fourth-order valence-corrected chi connectivity index (χ4v) is 2.59. The first-order valence-electron chi connectivity index (χ1n) is 6.35.